The van der Waals surface area contributed by atoms with Crippen molar-refractivity contribution in [1.82, 2.24) is 5.32 Å². The van der Waals surface area contributed by atoms with Crippen LogP contribution < -0.4 is 20.5 Å². The lowest BCUT2D eigenvalue weighted by Gasteiger charge is -2.44. The fraction of sp³-hybridized carbons (Fsp3) is 0.429. The number of fused-ring (bicyclic) bond motifs is 5. The third-order valence-electron chi connectivity index (χ3n) is 15.2. The molecule has 9 rings (SSSR count). The number of carbonyl (C=O) groups excluding carboxylic acids is 4. The molecule has 0 spiro atoms. The molecular weight excluding hydrogens is 941 g/mol. The van der Waals surface area contributed by atoms with Crippen molar-refractivity contribution in [3.63, 3.8) is 0 Å². The van der Waals surface area contributed by atoms with Gasteiger partial charge in [-0.2, -0.15) is 0 Å². The van der Waals surface area contributed by atoms with E-state index in [1.807, 2.05) is 19.2 Å². The highest BCUT2D eigenvalue weighted by Gasteiger charge is 2.55. The van der Waals surface area contributed by atoms with Crippen molar-refractivity contribution in [2.24, 2.45) is 17.6 Å². The first-order valence-corrected chi connectivity index (χ1v) is 24.6. The molecule has 4 bridgehead atoms. The number of aldehydes is 1. The van der Waals surface area contributed by atoms with E-state index in [4.69, 9.17) is 19.9 Å². The minimum Gasteiger partial charge on any atom is -0.507 e. The second-order valence-corrected chi connectivity index (χ2v) is 20.1. The van der Waals surface area contributed by atoms with Gasteiger partial charge in [0.05, 0.1) is 36.0 Å². The number of esters is 1. The third-order valence-corrected chi connectivity index (χ3v) is 15.2. The normalized spacial score (nSPS) is 27.2. The summed E-state index contributed by atoms with van der Waals surface area (Å²) in [5.74, 6) is -1.43. The maximum atomic E-state index is 15.8. The number of aryl methyl sites for hydroxylation is 1. The van der Waals surface area contributed by atoms with E-state index in [0.29, 0.717) is 49.6 Å². The van der Waals surface area contributed by atoms with Gasteiger partial charge in [0.1, 0.15) is 23.4 Å². The van der Waals surface area contributed by atoms with Crippen LogP contribution in [-0.4, -0.2) is 121 Å². The van der Waals surface area contributed by atoms with E-state index in [1.165, 1.54) is 19.1 Å². The molecule has 4 aromatic rings. The summed E-state index contributed by atoms with van der Waals surface area (Å²) in [6.45, 7) is 2.24. The Hall–Kier alpha value is -6.14. The van der Waals surface area contributed by atoms with Crippen molar-refractivity contribution in [2.45, 2.75) is 126 Å². The number of ketones is 2. The molecule has 4 aromatic carbocycles. The van der Waals surface area contributed by atoms with Gasteiger partial charge in [-0.25, -0.2) is 0 Å². The van der Waals surface area contributed by atoms with Gasteiger partial charge in [-0.1, -0.05) is 54.3 Å². The van der Waals surface area contributed by atoms with E-state index >= 15 is 9.59 Å². The standard InChI is InChI=1S/C56H60N2O15/c1-27-52(66)56(69,70)53(67)54(71-27)73-51-39-9-5-8-36(57)15-16-37(62)20-30-7-4-6-29(18-30)10-17-38-42(72-28(2)61)22-34(25-59)43-44(38)50(65)45(39)46(49(43)64)48(63)40(51)21-33-12-11-32-13-14-35-19-31(24-58-3)23-55(35,68)47(32)41(33)26-60/h4,6-7,10-12,17-18,22,26-27,31,35-37,52-54,58-59,62-63,66-70H,9,13-16,19-21,23-25,57H2,1-3H3. The summed E-state index contributed by atoms with van der Waals surface area (Å²) in [5.41, 5.74) is 5.89. The number of aromatic hydroxyl groups is 1. The molecule has 384 valence electrons. The van der Waals surface area contributed by atoms with Crippen molar-refractivity contribution in [1.29, 1.82) is 0 Å². The zero-order chi connectivity index (χ0) is 52.3. The van der Waals surface area contributed by atoms with Crippen LogP contribution in [0.2, 0.25) is 0 Å². The van der Waals surface area contributed by atoms with Gasteiger partial charge in [-0.05, 0) is 123 Å². The van der Waals surface area contributed by atoms with Gasteiger partial charge in [-0.3, -0.25) is 19.2 Å². The number of ether oxygens (including phenoxy) is 3. The van der Waals surface area contributed by atoms with Crippen molar-refractivity contribution in [2.75, 3.05) is 13.6 Å². The Balaban J connectivity index is 1.33. The molecule has 4 aliphatic carbocycles. The summed E-state index contributed by atoms with van der Waals surface area (Å²) >= 11 is 0. The topological polar surface area (TPSA) is 296 Å². The maximum Gasteiger partial charge on any atom is 0.308 e. The fourth-order valence-corrected chi connectivity index (χ4v) is 11.8. The molecular formula is C56H60N2O15. The minimum absolute atomic E-state index is 0.0490. The molecule has 1 heterocycles. The summed E-state index contributed by atoms with van der Waals surface area (Å²) in [6, 6.07) is 11.1. The predicted octanol–water partition coefficient (Wildman–Crippen LogP) is 2.64. The number of carbonyl (C=O) groups is 4. The number of rotatable bonds is 9. The third kappa shape index (κ3) is 9.31. The molecule has 1 aliphatic heterocycles. The summed E-state index contributed by atoms with van der Waals surface area (Å²) in [6.07, 6.45) is -2.76. The van der Waals surface area contributed by atoms with Crippen LogP contribution in [0.1, 0.15) is 138 Å². The summed E-state index contributed by atoms with van der Waals surface area (Å²) in [5, 5.41) is 94.8. The molecule has 9 unspecified atom stereocenters. The van der Waals surface area contributed by atoms with Crippen molar-refractivity contribution < 1.29 is 74.2 Å². The first-order chi connectivity index (χ1) is 34.8. The van der Waals surface area contributed by atoms with Crippen molar-refractivity contribution in [3.05, 3.63) is 120 Å². The second-order valence-electron chi connectivity index (χ2n) is 20.1. The summed E-state index contributed by atoms with van der Waals surface area (Å²) in [4.78, 5) is 57.4. The fourth-order valence-electron chi connectivity index (χ4n) is 11.8. The number of nitrogens with two attached hydrogens (primary N) is 1. The minimum atomic E-state index is -3.22. The molecule has 2 fully saturated rings. The SMILES string of the molecule is CNCC1CC2CCc3ccc(Cc4c(O)c5c6c(c4OC4OC(C)C(O)C(O)(O)C4O)CC#CC(N)CCC(O)Cc4cccc(c4)C=Cc4c(OC(C)=O)cc(CO)c(c4C6=O)C5=O)c(C=O)c3C2(O)C1. The van der Waals surface area contributed by atoms with Gasteiger partial charge in [-0.15, -0.1) is 0 Å². The van der Waals surface area contributed by atoms with Crippen LogP contribution in [0.4, 0.5) is 0 Å². The lowest BCUT2D eigenvalue weighted by Crippen LogP contribution is -2.67. The van der Waals surface area contributed by atoms with Crippen LogP contribution in [0.5, 0.6) is 17.2 Å². The average molecular weight is 1000 g/mol. The highest BCUT2D eigenvalue weighted by atomic mass is 16.7. The average Bonchev–Trinajstić information content (AvgIpc) is 3.69. The van der Waals surface area contributed by atoms with Gasteiger partial charge >= 0.3 is 5.97 Å². The molecule has 9 atom stereocenters. The predicted molar refractivity (Wildman–Crippen MR) is 264 cm³/mol. The van der Waals surface area contributed by atoms with Gasteiger partial charge in [0.25, 0.3) is 0 Å². The van der Waals surface area contributed by atoms with Crippen molar-refractivity contribution >= 4 is 36.0 Å². The van der Waals surface area contributed by atoms with Gasteiger partial charge in [0.2, 0.25) is 12.1 Å². The van der Waals surface area contributed by atoms with E-state index in [0.717, 1.165) is 18.1 Å². The molecule has 1 saturated carbocycles. The largest absolute Gasteiger partial charge is 0.507 e. The number of nitrogens with one attached hydrogen (secondary N) is 1. The molecule has 0 radical (unpaired) electrons. The van der Waals surface area contributed by atoms with E-state index in [2.05, 4.69) is 17.2 Å². The Labute approximate surface area is 421 Å². The smallest absolute Gasteiger partial charge is 0.308 e. The lowest BCUT2D eigenvalue weighted by atomic mass is 9.70. The summed E-state index contributed by atoms with van der Waals surface area (Å²) in [7, 11) is 1.83. The maximum absolute atomic E-state index is 15.8. The van der Waals surface area contributed by atoms with Crippen LogP contribution in [0.15, 0.2) is 42.5 Å². The molecule has 0 amide bonds. The molecule has 11 N–H and O–H groups in total. The number of phenols is 1. The van der Waals surface area contributed by atoms with Gasteiger partial charge in [0.15, 0.2) is 24.0 Å². The first-order valence-electron chi connectivity index (χ1n) is 24.6. The number of phenolic OH excluding ortho intramolecular Hbond substituents is 1. The first kappa shape index (κ1) is 51.7. The molecule has 17 heteroatoms. The van der Waals surface area contributed by atoms with Gasteiger partial charge < -0.3 is 66.1 Å². The zero-order valence-electron chi connectivity index (χ0n) is 40.7. The molecule has 1 saturated heterocycles. The van der Waals surface area contributed by atoms with Crippen molar-refractivity contribution in [3.8, 4) is 29.1 Å². The number of aliphatic hydroxyl groups is 7. The number of benzene rings is 4. The van der Waals surface area contributed by atoms with Crippen LogP contribution in [0, 0.1) is 23.7 Å². The highest BCUT2D eigenvalue weighted by Crippen LogP contribution is 2.54. The Bertz CT molecular complexity index is 3010. The number of hydrogen-bond donors (Lipinski definition) is 10. The van der Waals surface area contributed by atoms with Crippen LogP contribution >= 0.6 is 0 Å². The van der Waals surface area contributed by atoms with E-state index in [1.54, 1.807) is 30.3 Å². The highest BCUT2D eigenvalue weighted by molar-refractivity contribution is 6.32. The van der Waals surface area contributed by atoms with E-state index in [9.17, 15) is 50.4 Å². The van der Waals surface area contributed by atoms with E-state index < -0.39 is 108 Å². The second kappa shape index (κ2) is 20.3. The lowest BCUT2D eigenvalue weighted by molar-refractivity contribution is -0.371. The molecule has 0 aromatic heterocycles. The molecule has 73 heavy (non-hydrogen) atoms. The van der Waals surface area contributed by atoms with Crippen LogP contribution in [-0.2, 0) is 47.4 Å². The van der Waals surface area contributed by atoms with Crippen LogP contribution in [0.3, 0.4) is 0 Å². The Kier molecular flexibility index (Phi) is 14.4. The van der Waals surface area contributed by atoms with Crippen LogP contribution in [0.25, 0.3) is 12.2 Å². The van der Waals surface area contributed by atoms with E-state index in [-0.39, 0.29) is 81.4 Å². The Morgan fingerprint density at radius 1 is 0.973 bits per heavy atom. The zero-order valence-corrected chi connectivity index (χ0v) is 40.7. The Morgan fingerprint density at radius 2 is 1.74 bits per heavy atom. The number of aliphatic hydroxyl groups excluding tert-OH is 4. The molecule has 5 aliphatic rings. The quantitative estimate of drug-likeness (QED) is 0.0334. The number of hydrogen-bond acceptors (Lipinski definition) is 17. The van der Waals surface area contributed by atoms with Gasteiger partial charge in [0, 0.05) is 58.7 Å². The Morgan fingerprint density at radius 3 is 2.47 bits per heavy atom. The monoisotopic (exact) mass is 1000 g/mol. The molecule has 17 nitrogen and oxygen atoms in total. The summed E-state index contributed by atoms with van der Waals surface area (Å²) < 4.78 is 18.0.